The van der Waals surface area contributed by atoms with Crippen molar-refractivity contribution in [2.45, 2.75) is 0 Å². The van der Waals surface area contributed by atoms with Crippen LogP contribution in [0, 0.1) is 0 Å². The monoisotopic (exact) mass is 320 g/mol. The average molecular weight is 321 g/mol. The lowest BCUT2D eigenvalue weighted by Gasteiger charge is -2.13. The molecule has 2 N–H and O–H groups in total. The first-order chi connectivity index (χ1) is 9.12. The maximum absolute atomic E-state index is 11.8. The van der Waals surface area contributed by atoms with Crippen LogP contribution in [0.3, 0.4) is 0 Å². The average Bonchev–Trinajstić information content (AvgIpc) is 2.28. The number of aliphatic carboxylic acids is 1. The number of hydrogen-bond acceptors (Lipinski definition) is 4. The summed E-state index contributed by atoms with van der Waals surface area (Å²) in [4.78, 5) is 23.5. The number of anilines is 1. The second-order valence-electron chi connectivity index (χ2n) is 4.15. The van der Waals surface area contributed by atoms with E-state index in [1.165, 1.54) is 37.2 Å². The predicted molar refractivity (Wildman–Crippen MR) is 74.5 cm³/mol. The lowest BCUT2D eigenvalue weighted by Crippen LogP contribution is -2.24. The van der Waals surface area contributed by atoms with Crippen molar-refractivity contribution < 1.29 is 23.1 Å². The van der Waals surface area contributed by atoms with E-state index in [2.05, 4.69) is 4.72 Å². The second-order valence-corrected chi connectivity index (χ2v) is 6.28. The first-order valence-electron chi connectivity index (χ1n) is 5.36. The molecule has 0 aliphatic heterocycles. The van der Waals surface area contributed by atoms with Crippen LogP contribution in [0.1, 0.15) is 10.4 Å². The number of rotatable bonds is 5. The first kappa shape index (κ1) is 16.3. The van der Waals surface area contributed by atoms with Crippen molar-refractivity contribution in [2.24, 2.45) is 0 Å². The molecule has 0 spiro atoms. The highest BCUT2D eigenvalue weighted by Gasteiger charge is 2.18. The van der Waals surface area contributed by atoms with E-state index < -0.39 is 27.7 Å². The molecule has 1 amide bonds. The normalized spacial score (nSPS) is 10.9. The van der Waals surface area contributed by atoms with Gasteiger partial charge in [0.05, 0.1) is 10.6 Å². The quantitative estimate of drug-likeness (QED) is 0.837. The Labute approximate surface area is 121 Å². The van der Waals surface area contributed by atoms with Crippen LogP contribution in [-0.2, 0) is 14.8 Å². The molecule has 20 heavy (non-hydrogen) atoms. The number of sulfonamides is 1. The number of hydrogen-bond donors (Lipinski definition) is 2. The first-order valence-corrected chi connectivity index (χ1v) is 7.39. The fraction of sp³-hybridized carbons (Fsp3) is 0.273. The van der Waals surface area contributed by atoms with Crippen LogP contribution in [0.5, 0.6) is 0 Å². The summed E-state index contributed by atoms with van der Waals surface area (Å²) < 4.78 is 25.1. The Hall–Kier alpha value is -1.80. The summed E-state index contributed by atoms with van der Waals surface area (Å²) in [6.07, 6.45) is 0. The number of amides is 1. The van der Waals surface area contributed by atoms with Gasteiger partial charge in [-0.2, -0.15) is 0 Å². The van der Waals surface area contributed by atoms with Gasteiger partial charge in [-0.3, -0.25) is 14.3 Å². The Morgan fingerprint density at radius 2 is 1.95 bits per heavy atom. The van der Waals surface area contributed by atoms with Gasteiger partial charge in [-0.15, -0.1) is 0 Å². The zero-order chi connectivity index (χ0) is 15.5. The van der Waals surface area contributed by atoms with E-state index in [0.29, 0.717) is 0 Å². The van der Waals surface area contributed by atoms with Gasteiger partial charge in [-0.05, 0) is 18.2 Å². The molecule has 0 fully saturated rings. The molecule has 9 heteroatoms. The molecule has 0 radical (unpaired) electrons. The van der Waals surface area contributed by atoms with Gasteiger partial charge in [0.15, 0.2) is 5.75 Å². The van der Waals surface area contributed by atoms with E-state index in [1.54, 1.807) is 0 Å². The Balaban J connectivity index is 3.08. The van der Waals surface area contributed by atoms with Crippen molar-refractivity contribution in [1.82, 2.24) is 4.90 Å². The Bertz CT molecular complexity index is 642. The zero-order valence-corrected chi connectivity index (χ0v) is 12.3. The molecular formula is C11H13ClN2O5S. The van der Waals surface area contributed by atoms with Crippen molar-refractivity contribution >= 4 is 39.2 Å². The second kappa shape index (κ2) is 6.10. The highest BCUT2D eigenvalue weighted by Crippen LogP contribution is 2.22. The third kappa shape index (κ3) is 4.39. The van der Waals surface area contributed by atoms with Gasteiger partial charge in [0.2, 0.25) is 10.0 Å². The Kier molecular flexibility index (Phi) is 4.96. The van der Waals surface area contributed by atoms with Crippen LogP contribution in [0.15, 0.2) is 18.2 Å². The number of nitrogens with one attached hydrogen (secondary N) is 1. The van der Waals surface area contributed by atoms with Gasteiger partial charge in [-0.25, -0.2) is 8.42 Å². The molecule has 0 bridgehead atoms. The van der Waals surface area contributed by atoms with E-state index in [9.17, 15) is 18.0 Å². The lowest BCUT2D eigenvalue weighted by atomic mass is 10.2. The predicted octanol–water partition coefficient (Wildman–Crippen LogP) is 0.868. The number of carboxylic acid groups (broad SMARTS) is 1. The van der Waals surface area contributed by atoms with Crippen LogP contribution >= 0.6 is 11.6 Å². The van der Waals surface area contributed by atoms with Crippen molar-refractivity contribution in [2.75, 3.05) is 24.6 Å². The minimum atomic E-state index is -4.03. The molecule has 0 aromatic heterocycles. The van der Waals surface area contributed by atoms with Gasteiger partial charge in [0.1, 0.15) is 0 Å². The molecular weight excluding hydrogens is 308 g/mol. The highest BCUT2D eigenvalue weighted by atomic mass is 35.5. The Morgan fingerprint density at radius 3 is 2.45 bits per heavy atom. The highest BCUT2D eigenvalue weighted by molar-refractivity contribution is 7.93. The molecule has 0 heterocycles. The van der Waals surface area contributed by atoms with Gasteiger partial charge < -0.3 is 10.0 Å². The van der Waals surface area contributed by atoms with E-state index >= 15 is 0 Å². The maximum Gasteiger partial charge on any atom is 0.320 e. The molecule has 1 rings (SSSR count). The number of nitrogens with zero attached hydrogens (tertiary/aromatic N) is 1. The smallest absolute Gasteiger partial charge is 0.320 e. The minimum absolute atomic E-state index is 0.0702. The van der Waals surface area contributed by atoms with Crippen molar-refractivity contribution in [3.05, 3.63) is 28.8 Å². The summed E-state index contributed by atoms with van der Waals surface area (Å²) in [7, 11) is -0.972. The van der Waals surface area contributed by atoms with Crippen LogP contribution < -0.4 is 4.72 Å². The van der Waals surface area contributed by atoms with E-state index in [0.717, 1.165) is 0 Å². The third-order valence-corrected chi connectivity index (χ3v) is 3.69. The summed E-state index contributed by atoms with van der Waals surface area (Å²) in [5.74, 6) is -2.93. The number of halogens is 1. The minimum Gasteiger partial charge on any atom is -0.480 e. The third-order valence-electron chi connectivity index (χ3n) is 2.19. The lowest BCUT2D eigenvalue weighted by molar-refractivity contribution is -0.134. The SMILES string of the molecule is CN(C)C(=O)c1cc(NS(=O)(=O)CC(=O)O)ccc1Cl. The molecule has 1 aromatic rings. The van der Waals surface area contributed by atoms with Crippen LogP contribution in [0.2, 0.25) is 5.02 Å². The molecule has 0 aliphatic rings. The molecule has 1 aromatic carbocycles. The number of carbonyl (C=O) groups excluding carboxylic acids is 1. The van der Waals surface area contributed by atoms with E-state index in [1.807, 2.05) is 0 Å². The Morgan fingerprint density at radius 1 is 1.35 bits per heavy atom. The summed E-state index contributed by atoms with van der Waals surface area (Å²) in [6.45, 7) is 0. The summed E-state index contributed by atoms with van der Waals surface area (Å²) in [5.41, 5.74) is 0.188. The molecule has 0 saturated heterocycles. The number of carbonyl (C=O) groups is 2. The van der Waals surface area contributed by atoms with Crippen molar-refractivity contribution in [3.63, 3.8) is 0 Å². The van der Waals surface area contributed by atoms with Gasteiger partial charge in [0, 0.05) is 19.8 Å². The molecule has 0 unspecified atom stereocenters. The van der Waals surface area contributed by atoms with Crippen LogP contribution in [0.25, 0.3) is 0 Å². The summed E-state index contributed by atoms with van der Waals surface area (Å²) in [5, 5.41) is 8.66. The molecule has 110 valence electrons. The molecule has 0 aliphatic carbocycles. The standard InChI is InChI=1S/C11H13ClN2O5S/c1-14(2)11(17)8-5-7(3-4-9(8)12)13-20(18,19)6-10(15)16/h3-5,13H,6H2,1-2H3,(H,15,16). The number of benzene rings is 1. The van der Waals surface area contributed by atoms with Crippen LogP contribution in [-0.4, -0.2) is 50.1 Å². The molecule has 0 atom stereocenters. The van der Waals surface area contributed by atoms with Gasteiger partial charge in [-0.1, -0.05) is 11.6 Å². The summed E-state index contributed by atoms with van der Waals surface area (Å²) in [6, 6.07) is 3.95. The topological polar surface area (TPSA) is 104 Å². The van der Waals surface area contributed by atoms with Crippen molar-refractivity contribution in [1.29, 1.82) is 0 Å². The summed E-state index contributed by atoms with van der Waals surface area (Å²) >= 11 is 5.87. The zero-order valence-electron chi connectivity index (χ0n) is 10.8. The van der Waals surface area contributed by atoms with E-state index in [4.69, 9.17) is 16.7 Å². The van der Waals surface area contributed by atoms with Gasteiger partial charge in [0.25, 0.3) is 5.91 Å². The van der Waals surface area contributed by atoms with Crippen LogP contribution in [0.4, 0.5) is 5.69 Å². The maximum atomic E-state index is 11.8. The largest absolute Gasteiger partial charge is 0.480 e. The fourth-order valence-corrected chi connectivity index (χ4v) is 2.45. The number of carboxylic acids is 1. The van der Waals surface area contributed by atoms with Gasteiger partial charge >= 0.3 is 5.97 Å². The fourth-order valence-electron chi connectivity index (χ4n) is 1.37. The van der Waals surface area contributed by atoms with E-state index in [-0.39, 0.29) is 16.3 Å². The molecule has 0 saturated carbocycles. The van der Waals surface area contributed by atoms with Crippen molar-refractivity contribution in [3.8, 4) is 0 Å². The molecule has 7 nitrogen and oxygen atoms in total.